The van der Waals surface area contributed by atoms with E-state index in [0.29, 0.717) is 19.4 Å². The van der Waals surface area contributed by atoms with Crippen LogP contribution in [-0.4, -0.2) is 41.4 Å². The second kappa shape index (κ2) is 3.62. The third-order valence-corrected chi connectivity index (χ3v) is 2.88. The maximum atomic E-state index is 9.64. The third-order valence-electron chi connectivity index (χ3n) is 2.88. The molecule has 0 saturated carbocycles. The van der Waals surface area contributed by atoms with Gasteiger partial charge in [0.2, 0.25) is 0 Å². The Kier molecular flexibility index (Phi) is 2.62. The molecule has 4 heteroatoms. The summed E-state index contributed by atoms with van der Waals surface area (Å²) < 4.78 is 11.1. The molecular formula is C10H16O4. The minimum Gasteiger partial charge on any atom is -0.394 e. The lowest BCUT2D eigenvalue weighted by molar-refractivity contribution is -0.261. The van der Waals surface area contributed by atoms with E-state index in [2.05, 4.69) is 6.58 Å². The van der Waals surface area contributed by atoms with E-state index in [-0.39, 0.29) is 12.7 Å². The average Bonchev–Trinajstić information content (AvgIpc) is 2.47. The average molecular weight is 200 g/mol. The minimum atomic E-state index is -0.828. The second-order valence-corrected chi connectivity index (χ2v) is 3.97. The number of hydrogen-bond donors (Lipinski definition) is 2. The molecule has 14 heavy (non-hydrogen) atoms. The summed E-state index contributed by atoms with van der Waals surface area (Å²) in [4.78, 5) is 0. The van der Waals surface area contributed by atoms with Crippen LogP contribution < -0.4 is 0 Å². The summed E-state index contributed by atoms with van der Waals surface area (Å²) in [6, 6.07) is 0. The summed E-state index contributed by atoms with van der Waals surface area (Å²) >= 11 is 0. The highest BCUT2D eigenvalue weighted by molar-refractivity contribution is 5.14. The van der Waals surface area contributed by atoms with Crippen molar-refractivity contribution in [2.75, 3.05) is 13.2 Å². The predicted molar refractivity (Wildman–Crippen MR) is 49.6 cm³/mol. The monoisotopic (exact) mass is 200 g/mol. The first-order chi connectivity index (χ1) is 6.66. The van der Waals surface area contributed by atoms with Crippen molar-refractivity contribution in [3.8, 4) is 0 Å². The van der Waals surface area contributed by atoms with Crippen molar-refractivity contribution in [2.45, 2.75) is 37.3 Å². The van der Waals surface area contributed by atoms with Gasteiger partial charge in [0.15, 0.2) is 5.79 Å². The Bertz CT molecular complexity index is 240. The maximum absolute atomic E-state index is 9.64. The van der Waals surface area contributed by atoms with Gasteiger partial charge in [-0.2, -0.15) is 0 Å². The quantitative estimate of drug-likeness (QED) is 0.593. The lowest BCUT2D eigenvalue weighted by Crippen LogP contribution is -2.47. The molecule has 4 nitrogen and oxygen atoms in total. The zero-order valence-electron chi connectivity index (χ0n) is 8.11. The first-order valence-electron chi connectivity index (χ1n) is 4.95. The zero-order chi connectivity index (χ0) is 10.2. The van der Waals surface area contributed by atoms with E-state index < -0.39 is 11.9 Å². The fraction of sp³-hybridized carbons (Fsp3) is 0.800. The molecule has 2 aliphatic heterocycles. The van der Waals surface area contributed by atoms with Crippen molar-refractivity contribution in [1.82, 2.24) is 0 Å². The first kappa shape index (κ1) is 10.1. The Hall–Kier alpha value is -0.420. The highest BCUT2D eigenvalue weighted by Gasteiger charge is 2.46. The summed E-state index contributed by atoms with van der Waals surface area (Å²) in [5.41, 5.74) is 0.870. The molecular weight excluding hydrogens is 184 g/mol. The molecule has 0 amide bonds. The predicted octanol–water partition coefficient (Wildman–Crippen LogP) is 0.191. The number of rotatable bonds is 1. The zero-order valence-corrected chi connectivity index (χ0v) is 8.11. The smallest absolute Gasteiger partial charge is 0.193 e. The third kappa shape index (κ3) is 1.59. The van der Waals surface area contributed by atoms with Crippen LogP contribution >= 0.6 is 0 Å². The van der Waals surface area contributed by atoms with E-state index in [9.17, 15) is 5.11 Å². The van der Waals surface area contributed by atoms with Gasteiger partial charge in [0.1, 0.15) is 0 Å². The van der Waals surface area contributed by atoms with Crippen molar-refractivity contribution >= 4 is 0 Å². The highest BCUT2D eigenvalue weighted by Crippen LogP contribution is 2.40. The molecule has 2 N–H and O–H groups in total. The molecule has 2 heterocycles. The summed E-state index contributed by atoms with van der Waals surface area (Å²) in [5.74, 6) is -0.828. The van der Waals surface area contributed by atoms with Gasteiger partial charge in [-0.1, -0.05) is 6.58 Å². The Morgan fingerprint density at radius 2 is 2.36 bits per heavy atom. The van der Waals surface area contributed by atoms with Crippen molar-refractivity contribution in [1.29, 1.82) is 0 Å². The molecule has 2 fully saturated rings. The van der Waals surface area contributed by atoms with Gasteiger partial charge in [0, 0.05) is 12.8 Å². The lowest BCUT2D eigenvalue weighted by Gasteiger charge is -2.40. The fourth-order valence-corrected chi connectivity index (χ4v) is 2.13. The second-order valence-electron chi connectivity index (χ2n) is 3.97. The Morgan fingerprint density at radius 1 is 1.57 bits per heavy atom. The van der Waals surface area contributed by atoms with Crippen LogP contribution in [-0.2, 0) is 9.47 Å². The molecule has 2 aliphatic rings. The van der Waals surface area contributed by atoms with Crippen molar-refractivity contribution in [2.24, 2.45) is 0 Å². The molecule has 0 radical (unpaired) electrons. The van der Waals surface area contributed by atoms with Gasteiger partial charge in [-0.25, -0.2) is 0 Å². The Labute approximate surface area is 83.1 Å². The van der Waals surface area contributed by atoms with Gasteiger partial charge in [-0.3, -0.25) is 0 Å². The van der Waals surface area contributed by atoms with Gasteiger partial charge in [0.05, 0.1) is 25.4 Å². The molecule has 2 saturated heterocycles. The van der Waals surface area contributed by atoms with Crippen molar-refractivity contribution in [3.05, 3.63) is 12.2 Å². The molecule has 3 atom stereocenters. The van der Waals surface area contributed by atoms with Crippen LogP contribution in [0.5, 0.6) is 0 Å². The molecule has 80 valence electrons. The summed E-state index contributed by atoms with van der Waals surface area (Å²) in [5, 5.41) is 18.7. The van der Waals surface area contributed by atoms with E-state index in [1.54, 1.807) is 0 Å². The van der Waals surface area contributed by atoms with E-state index >= 15 is 0 Å². The number of aliphatic hydroxyl groups excluding tert-OH is 2. The maximum Gasteiger partial charge on any atom is 0.193 e. The van der Waals surface area contributed by atoms with Crippen molar-refractivity contribution in [3.63, 3.8) is 0 Å². The molecule has 2 rings (SSSR count). The van der Waals surface area contributed by atoms with Crippen LogP contribution in [0.4, 0.5) is 0 Å². The molecule has 1 spiro atoms. The standard InChI is InChI=1S/C10H16O4/c1-7-2-3-13-10(7)5-8(12)4-9(6-11)14-10/h8-9,11-12H,1-6H2/t8?,9?,10-/m1/s1. The van der Waals surface area contributed by atoms with Crippen LogP contribution in [0.25, 0.3) is 0 Å². The highest BCUT2D eigenvalue weighted by atomic mass is 16.7. The fourth-order valence-electron chi connectivity index (χ4n) is 2.13. The van der Waals surface area contributed by atoms with Gasteiger partial charge in [-0.05, 0) is 12.0 Å². The normalized spacial score (nSPS) is 43.4. The van der Waals surface area contributed by atoms with Crippen molar-refractivity contribution < 1.29 is 19.7 Å². The summed E-state index contributed by atoms with van der Waals surface area (Å²) in [6.45, 7) is 4.39. The summed E-state index contributed by atoms with van der Waals surface area (Å²) in [7, 11) is 0. The van der Waals surface area contributed by atoms with Crippen LogP contribution in [0.3, 0.4) is 0 Å². The molecule has 0 aromatic heterocycles. The van der Waals surface area contributed by atoms with Gasteiger partial charge in [0.25, 0.3) is 0 Å². The minimum absolute atomic E-state index is 0.0878. The molecule has 0 bridgehead atoms. The van der Waals surface area contributed by atoms with E-state index in [1.165, 1.54) is 0 Å². The van der Waals surface area contributed by atoms with Crippen LogP contribution in [0.2, 0.25) is 0 Å². The van der Waals surface area contributed by atoms with E-state index in [4.69, 9.17) is 14.6 Å². The topological polar surface area (TPSA) is 58.9 Å². The van der Waals surface area contributed by atoms with Gasteiger partial charge in [-0.15, -0.1) is 0 Å². The van der Waals surface area contributed by atoms with E-state index in [1.807, 2.05) is 0 Å². The molecule has 0 aromatic rings. The van der Waals surface area contributed by atoms with Gasteiger partial charge < -0.3 is 19.7 Å². The summed E-state index contributed by atoms with van der Waals surface area (Å²) in [6.07, 6.45) is 0.853. The molecule has 2 unspecified atom stereocenters. The SMILES string of the molecule is C=C1CCO[C@@]12CC(O)CC(CO)O2. The van der Waals surface area contributed by atoms with Crippen LogP contribution in [0, 0.1) is 0 Å². The largest absolute Gasteiger partial charge is 0.394 e. The molecule has 0 aromatic carbocycles. The number of hydrogen-bond acceptors (Lipinski definition) is 4. The lowest BCUT2D eigenvalue weighted by atomic mass is 9.94. The number of aliphatic hydroxyl groups is 2. The van der Waals surface area contributed by atoms with Crippen LogP contribution in [0.1, 0.15) is 19.3 Å². The van der Waals surface area contributed by atoms with Crippen LogP contribution in [0.15, 0.2) is 12.2 Å². The van der Waals surface area contributed by atoms with E-state index in [0.717, 1.165) is 12.0 Å². The van der Waals surface area contributed by atoms with Gasteiger partial charge >= 0.3 is 0 Å². The Balaban J connectivity index is 2.14. The number of ether oxygens (including phenoxy) is 2. The molecule has 0 aliphatic carbocycles. The Morgan fingerprint density at radius 3 is 2.93 bits per heavy atom. The first-order valence-corrected chi connectivity index (χ1v) is 4.95.